The zero-order valence-electron chi connectivity index (χ0n) is 12.6. The Hall–Kier alpha value is -1.64. The van der Waals surface area contributed by atoms with E-state index < -0.39 is 24.0 Å². The topological polar surface area (TPSA) is 53.6 Å². The van der Waals surface area contributed by atoms with Gasteiger partial charge in [0.2, 0.25) is 5.91 Å². The van der Waals surface area contributed by atoms with Crippen LogP contribution >= 0.6 is 0 Å². The van der Waals surface area contributed by atoms with E-state index in [4.69, 9.17) is 4.74 Å². The van der Waals surface area contributed by atoms with Gasteiger partial charge in [0.05, 0.1) is 12.6 Å². The molecule has 126 valence electrons. The van der Waals surface area contributed by atoms with Gasteiger partial charge in [-0.3, -0.25) is 15.1 Å². The third-order valence-electron chi connectivity index (χ3n) is 4.46. The van der Waals surface area contributed by atoms with Gasteiger partial charge in [-0.15, -0.1) is 0 Å². The van der Waals surface area contributed by atoms with Crippen molar-refractivity contribution < 1.29 is 22.7 Å². The van der Waals surface area contributed by atoms with E-state index in [1.165, 1.54) is 7.11 Å². The molecule has 23 heavy (non-hydrogen) atoms. The number of fused-ring (bicyclic) bond motifs is 1. The lowest BCUT2D eigenvalue weighted by Crippen LogP contribution is -2.64. The summed E-state index contributed by atoms with van der Waals surface area (Å²) in [5, 5.41) is 0. The maximum atomic E-state index is 13.4. The number of ether oxygens (including phenoxy) is 1. The summed E-state index contributed by atoms with van der Waals surface area (Å²) in [6, 6.07) is 6.25. The van der Waals surface area contributed by atoms with Crippen LogP contribution in [0.3, 0.4) is 0 Å². The van der Waals surface area contributed by atoms with E-state index >= 15 is 0 Å². The Morgan fingerprint density at radius 1 is 1.35 bits per heavy atom. The number of methoxy groups -OCH3 is 1. The molecule has 0 aliphatic carbocycles. The highest BCUT2D eigenvalue weighted by Crippen LogP contribution is 2.41. The quantitative estimate of drug-likeness (QED) is 0.880. The number of hydrogen-bond donors (Lipinski definition) is 2. The van der Waals surface area contributed by atoms with Crippen molar-refractivity contribution in [1.82, 2.24) is 15.8 Å². The van der Waals surface area contributed by atoms with Crippen LogP contribution in [0.25, 0.3) is 0 Å². The molecule has 0 aromatic heterocycles. The number of nitrogens with one attached hydrogen (secondary N) is 2. The number of carbonyl (C=O) groups excluding carboxylic acids is 1. The first kappa shape index (κ1) is 16.2. The molecule has 8 heteroatoms. The zero-order valence-corrected chi connectivity index (χ0v) is 12.6. The van der Waals surface area contributed by atoms with Crippen molar-refractivity contribution >= 4 is 5.91 Å². The fourth-order valence-corrected chi connectivity index (χ4v) is 3.47. The van der Waals surface area contributed by atoms with Gasteiger partial charge in [-0.05, 0) is 11.1 Å². The van der Waals surface area contributed by atoms with Crippen molar-refractivity contribution in [2.24, 2.45) is 5.92 Å². The van der Waals surface area contributed by atoms with Crippen molar-refractivity contribution in [1.29, 1.82) is 0 Å². The van der Waals surface area contributed by atoms with Crippen molar-refractivity contribution in [3.8, 4) is 0 Å². The molecule has 5 nitrogen and oxygen atoms in total. The molecule has 3 rings (SSSR count). The smallest absolute Gasteiger partial charge is 0.383 e. The highest BCUT2D eigenvalue weighted by atomic mass is 19.4. The fourth-order valence-electron chi connectivity index (χ4n) is 3.47. The number of benzene rings is 1. The molecule has 0 bridgehead atoms. The fraction of sp³-hybridized carbons (Fsp3) is 0.533. The third kappa shape index (κ3) is 2.93. The van der Waals surface area contributed by atoms with Crippen LogP contribution in [0, 0.1) is 5.92 Å². The zero-order chi connectivity index (χ0) is 16.6. The lowest BCUT2D eigenvalue weighted by atomic mass is 9.94. The summed E-state index contributed by atoms with van der Waals surface area (Å²) in [6.45, 7) is 0.681. The molecule has 0 spiro atoms. The minimum absolute atomic E-state index is 0.0319. The maximum Gasteiger partial charge on any atom is 0.402 e. The van der Waals surface area contributed by atoms with Gasteiger partial charge >= 0.3 is 6.18 Å². The molecule has 3 unspecified atom stereocenters. The van der Waals surface area contributed by atoms with Crippen LogP contribution in [0.2, 0.25) is 0 Å². The van der Waals surface area contributed by atoms with Gasteiger partial charge < -0.3 is 4.74 Å². The van der Waals surface area contributed by atoms with Gasteiger partial charge in [-0.1, -0.05) is 24.3 Å². The second-order valence-corrected chi connectivity index (χ2v) is 5.80. The van der Waals surface area contributed by atoms with Gasteiger partial charge in [0, 0.05) is 26.2 Å². The van der Waals surface area contributed by atoms with Gasteiger partial charge in [0.1, 0.15) is 0 Å². The molecule has 1 aromatic carbocycles. The molecule has 2 aliphatic rings. The first-order chi connectivity index (χ1) is 10.9. The molecule has 3 atom stereocenters. The van der Waals surface area contributed by atoms with Crippen molar-refractivity contribution in [3.05, 3.63) is 35.4 Å². The van der Waals surface area contributed by atoms with E-state index in [2.05, 4.69) is 10.9 Å². The van der Waals surface area contributed by atoms with Crippen molar-refractivity contribution in [3.63, 3.8) is 0 Å². The molecule has 1 saturated heterocycles. The van der Waals surface area contributed by atoms with Crippen molar-refractivity contribution in [2.75, 3.05) is 20.3 Å². The molecule has 2 N–H and O–H groups in total. The van der Waals surface area contributed by atoms with Crippen LogP contribution in [-0.4, -0.2) is 43.3 Å². The van der Waals surface area contributed by atoms with Crippen LogP contribution in [0.4, 0.5) is 13.2 Å². The first-order valence-corrected chi connectivity index (χ1v) is 7.35. The lowest BCUT2D eigenvalue weighted by Gasteiger charge is -2.40. The lowest BCUT2D eigenvalue weighted by molar-refractivity contribution is -0.203. The van der Waals surface area contributed by atoms with E-state index in [0.29, 0.717) is 6.54 Å². The van der Waals surface area contributed by atoms with Crippen LogP contribution in [0.1, 0.15) is 17.2 Å². The third-order valence-corrected chi connectivity index (χ3v) is 4.46. The number of amides is 1. The van der Waals surface area contributed by atoms with E-state index in [-0.39, 0.29) is 19.2 Å². The van der Waals surface area contributed by atoms with Gasteiger partial charge in [0.25, 0.3) is 0 Å². The molecule has 2 heterocycles. The Labute approximate surface area is 131 Å². The minimum atomic E-state index is -4.59. The predicted octanol–water partition coefficient (Wildman–Crippen LogP) is 1.37. The molecule has 1 amide bonds. The molecule has 1 aromatic rings. The summed E-state index contributed by atoms with van der Waals surface area (Å²) in [5.41, 5.74) is 6.60. The highest BCUT2D eigenvalue weighted by Gasteiger charge is 2.54. The Morgan fingerprint density at radius 3 is 2.78 bits per heavy atom. The molecular weight excluding hydrogens is 311 g/mol. The van der Waals surface area contributed by atoms with E-state index in [1.807, 2.05) is 24.3 Å². The monoisotopic (exact) mass is 329 g/mol. The average molecular weight is 329 g/mol. The second-order valence-electron chi connectivity index (χ2n) is 5.80. The van der Waals surface area contributed by atoms with E-state index in [9.17, 15) is 18.0 Å². The Morgan fingerprint density at radius 2 is 2.09 bits per heavy atom. The van der Waals surface area contributed by atoms with Crippen molar-refractivity contribution in [2.45, 2.75) is 24.8 Å². The number of nitrogens with zero attached hydrogens (tertiary/aromatic N) is 1. The number of alkyl halides is 3. The maximum absolute atomic E-state index is 13.4. The number of rotatable bonds is 3. The summed E-state index contributed by atoms with van der Waals surface area (Å²) >= 11 is 0. The summed E-state index contributed by atoms with van der Waals surface area (Å²) in [4.78, 5) is 13.5. The highest BCUT2D eigenvalue weighted by molar-refractivity contribution is 5.80. The summed E-state index contributed by atoms with van der Waals surface area (Å²) in [6.07, 6.45) is -4.59. The van der Waals surface area contributed by atoms with E-state index in [1.54, 1.807) is 4.90 Å². The second kappa shape index (κ2) is 6.10. The molecule has 2 aliphatic heterocycles. The normalized spacial score (nSPS) is 28.5. The number of hydrogen-bond acceptors (Lipinski definition) is 4. The minimum Gasteiger partial charge on any atom is -0.383 e. The first-order valence-electron chi connectivity index (χ1n) is 7.35. The Balaban J connectivity index is 1.94. The molecule has 1 fully saturated rings. The van der Waals surface area contributed by atoms with Crippen LogP contribution in [0.5, 0.6) is 0 Å². The number of hydrazine groups is 1. The molecular formula is C15H18F3N3O2. The van der Waals surface area contributed by atoms with Gasteiger partial charge in [-0.2, -0.15) is 13.2 Å². The summed E-state index contributed by atoms with van der Waals surface area (Å²) in [7, 11) is 1.52. The SMILES string of the molecule is COCC1c2ccccc2CN1C1CNNC(=O)C1C(F)(F)F. The Bertz CT molecular complexity index is 594. The average Bonchev–Trinajstić information content (AvgIpc) is 2.85. The van der Waals surface area contributed by atoms with E-state index in [0.717, 1.165) is 11.1 Å². The van der Waals surface area contributed by atoms with Gasteiger partial charge in [-0.25, -0.2) is 5.43 Å². The van der Waals surface area contributed by atoms with Crippen LogP contribution in [-0.2, 0) is 16.1 Å². The molecule has 0 radical (unpaired) electrons. The largest absolute Gasteiger partial charge is 0.402 e. The summed E-state index contributed by atoms with van der Waals surface area (Å²) < 4.78 is 45.4. The Kier molecular flexibility index (Phi) is 4.31. The predicted molar refractivity (Wildman–Crippen MR) is 76.1 cm³/mol. The van der Waals surface area contributed by atoms with Gasteiger partial charge in [0.15, 0.2) is 5.92 Å². The van der Waals surface area contributed by atoms with Crippen LogP contribution < -0.4 is 10.9 Å². The standard InChI is InChI=1S/C15H18F3N3O2/c1-23-8-12-10-5-3-2-4-9(10)7-21(12)11-6-19-20-14(22)13(11)15(16,17)18/h2-5,11-13,19H,6-8H2,1H3,(H,20,22). The molecule has 0 saturated carbocycles. The summed E-state index contributed by atoms with van der Waals surface area (Å²) in [5.74, 6) is -3.10. The number of carbonyl (C=O) groups is 1. The number of halogens is 3. The van der Waals surface area contributed by atoms with Crippen LogP contribution in [0.15, 0.2) is 24.3 Å².